The summed E-state index contributed by atoms with van der Waals surface area (Å²) >= 11 is 9.45. The topological polar surface area (TPSA) is 29.1 Å². The van der Waals surface area contributed by atoms with E-state index >= 15 is 0 Å². The fourth-order valence-electron chi connectivity index (χ4n) is 1.53. The van der Waals surface area contributed by atoms with Crippen LogP contribution in [-0.4, -0.2) is 5.91 Å². The maximum Gasteiger partial charge on any atom is 0.255 e. The average molecular weight is 325 g/mol. The molecule has 0 radical (unpaired) electrons. The Kier molecular flexibility index (Phi) is 4.04. The van der Waals surface area contributed by atoms with Crippen LogP contribution in [0, 0.1) is 6.92 Å². The summed E-state index contributed by atoms with van der Waals surface area (Å²) in [6, 6.07) is 12.7. The Morgan fingerprint density at radius 3 is 2.56 bits per heavy atom. The molecule has 0 aliphatic rings. The Morgan fingerprint density at radius 1 is 1.22 bits per heavy atom. The van der Waals surface area contributed by atoms with E-state index in [4.69, 9.17) is 11.6 Å². The molecule has 1 amide bonds. The molecule has 2 nitrogen and oxygen atoms in total. The lowest BCUT2D eigenvalue weighted by atomic mass is 10.2. The van der Waals surface area contributed by atoms with Crippen LogP contribution in [0.2, 0.25) is 5.02 Å². The van der Waals surface area contributed by atoms with Crippen molar-refractivity contribution in [2.24, 2.45) is 0 Å². The summed E-state index contributed by atoms with van der Waals surface area (Å²) < 4.78 is 0.814. The number of carbonyl (C=O) groups is 1. The lowest BCUT2D eigenvalue weighted by molar-refractivity contribution is 0.102. The summed E-state index contributed by atoms with van der Waals surface area (Å²) in [6.45, 7) is 1.91. The minimum absolute atomic E-state index is 0.156. The van der Waals surface area contributed by atoms with Gasteiger partial charge in [-0.3, -0.25) is 4.79 Å². The molecule has 2 rings (SSSR count). The first-order valence-electron chi connectivity index (χ1n) is 5.40. The second-order valence-corrected chi connectivity index (χ2v) is 5.16. The third-order valence-corrected chi connectivity index (χ3v) is 3.60. The molecule has 0 spiro atoms. The summed E-state index contributed by atoms with van der Waals surface area (Å²) in [5.74, 6) is -0.156. The molecule has 18 heavy (non-hydrogen) atoms. The summed E-state index contributed by atoms with van der Waals surface area (Å²) in [7, 11) is 0. The van der Waals surface area contributed by atoms with Gasteiger partial charge in [0.1, 0.15) is 0 Å². The summed E-state index contributed by atoms with van der Waals surface area (Å²) in [6.07, 6.45) is 0. The number of hydrogen-bond acceptors (Lipinski definition) is 1. The largest absolute Gasteiger partial charge is 0.321 e. The first-order chi connectivity index (χ1) is 8.58. The highest BCUT2D eigenvalue weighted by Gasteiger charge is 2.09. The van der Waals surface area contributed by atoms with Gasteiger partial charge < -0.3 is 5.32 Å². The molecule has 0 aliphatic heterocycles. The van der Waals surface area contributed by atoms with Crippen LogP contribution >= 0.6 is 27.5 Å². The Hall–Kier alpha value is -1.32. The highest BCUT2D eigenvalue weighted by atomic mass is 79.9. The third-order valence-electron chi connectivity index (χ3n) is 2.53. The highest BCUT2D eigenvalue weighted by Crippen LogP contribution is 2.29. The molecule has 0 aliphatic carbocycles. The number of anilines is 1. The molecule has 0 bridgehead atoms. The lowest BCUT2D eigenvalue weighted by Crippen LogP contribution is -2.12. The van der Waals surface area contributed by atoms with Gasteiger partial charge in [-0.1, -0.05) is 29.8 Å². The number of rotatable bonds is 2. The van der Waals surface area contributed by atoms with Crippen molar-refractivity contribution < 1.29 is 4.79 Å². The van der Waals surface area contributed by atoms with Crippen LogP contribution in [0.3, 0.4) is 0 Å². The highest BCUT2D eigenvalue weighted by molar-refractivity contribution is 9.10. The quantitative estimate of drug-likeness (QED) is 0.855. The van der Waals surface area contributed by atoms with Crippen molar-refractivity contribution in [3.05, 3.63) is 63.1 Å². The first-order valence-corrected chi connectivity index (χ1v) is 6.57. The maximum absolute atomic E-state index is 12.0. The van der Waals surface area contributed by atoms with Gasteiger partial charge in [0.05, 0.1) is 5.69 Å². The van der Waals surface area contributed by atoms with Gasteiger partial charge >= 0.3 is 0 Å². The molecule has 0 atom stereocenters. The van der Waals surface area contributed by atoms with Crippen molar-refractivity contribution in [1.29, 1.82) is 0 Å². The van der Waals surface area contributed by atoms with Crippen LogP contribution in [0.1, 0.15) is 15.9 Å². The smallest absolute Gasteiger partial charge is 0.255 e. The number of carbonyl (C=O) groups excluding carboxylic acids is 1. The van der Waals surface area contributed by atoms with Gasteiger partial charge in [0, 0.05) is 15.1 Å². The van der Waals surface area contributed by atoms with Crippen molar-refractivity contribution in [2.75, 3.05) is 5.32 Å². The zero-order valence-corrected chi connectivity index (χ0v) is 12.0. The van der Waals surface area contributed by atoms with Gasteiger partial charge in [0.25, 0.3) is 5.91 Å². The Labute approximate surface area is 119 Å². The molecule has 0 saturated heterocycles. The second-order valence-electron chi connectivity index (χ2n) is 3.90. The SMILES string of the molecule is Cc1cc(Br)c(NC(=O)c2ccccc2)cc1Cl. The molecule has 1 N–H and O–H groups in total. The van der Waals surface area contributed by atoms with E-state index in [0.717, 1.165) is 10.0 Å². The monoisotopic (exact) mass is 323 g/mol. The Balaban J connectivity index is 2.25. The fraction of sp³-hybridized carbons (Fsp3) is 0.0714. The van der Waals surface area contributed by atoms with Gasteiger partial charge in [-0.2, -0.15) is 0 Å². The predicted octanol–water partition coefficient (Wildman–Crippen LogP) is 4.66. The first kappa shape index (κ1) is 13.1. The molecule has 0 fully saturated rings. The van der Waals surface area contributed by atoms with Gasteiger partial charge in [-0.25, -0.2) is 0 Å². The second kappa shape index (κ2) is 5.55. The van der Waals surface area contributed by atoms with Crippen LogP contribution in [0.25, 0.3) is 0 Å². The fourth-order valence-corrected chi connectivity index (χ4v) is 2.25. The van der Waals surface area contributed by atoms with E-state index in [1.54, 1.807) is 18.2 Å². The number of hydrogen-bond donors (Lipinski definition) is 1. The van der Waals surface area contributed by atoms with E-state index in [9.17, 15) is 4.79 Å². The molecule has 4 heteroatoms. The van der Waals surface area contributed by atoms with Crippen LogP contribution < -0.4 is 5.32 Å². The summed E-state index contributed by atoms with van der Waals surface area (Å²) in [5, 5.41) is 3.45. The molecule has 0 heterocycles. The standard InChI is InChI=1S/C14H11BrClNO/c1-9-7-11(15)13(8-12(9)16)17-14(18)10-5-3-2-4-6-10/h2-8H,1H3,(H,17,18). The number of halogens is 2. The van der Waals surface area contributed by atoms with E-state index in [1.165, 1.54) is 0 Å². The van der Waals surface area contributed by atoms with E-state index in [-0.39, 0.29) is 5.91 Å². The number of amides is 1. The molecule has 2 aromatic rings. The summed E-state index contributed by atoms with van der Waals surface area (Å²) in [5.41, 5.74) is 2.24. The Bertz CT molecular complexity index is 584. The number of aryl methyl sites for hydroxylation is 1. The van der Waals surface area contributed by atoms with Crippen molar-refractivity contribution in [3.63, 3.8) is 0 Å². The third kappa shape index (κ3) is 2.92. The number of benzene rings is 2. The molecular formula is C14H11BrClNO. The molecule has 0 unspecified atom stereocenters. The van der Waals surface area contributed by atoms with Crippen LogP contribution in [0.5, 0.6) is 0 Å². The zero-order valence-electron chi connectivity index (χ0n) is 9.71. The van der Waals surface area contributed by atoms with Gasteiger partial charge in [-0.15, -0.1) is 0 Å². The molecule has 92 valence electrons. The van der Waals surface area contributed by atoms with Crippen molar-refractivity contribution >= 4 is 39.1 Å². The average Bonchev–Trinajstić information content (AvgIpc) is 2.37. The lowest BCUT2D eigenvalue weighted by Gasteiger charge is -2.09. The predicted molar refractivity (Wildman–Crippen MR) is 78.3 cm³/mol. The van der Waals surface area contributed by atoms with Crippen LogP contribution in [0.15, 0.2) is 46.9 Å². The van der Waals surface area contributed by atoms with Crippen LogP contribution in [-0.2, 0) is 0 Å². The molecule has 0 saturated carbocycles. The Morgan fingerprint density at radius 2 is 1.89 bits per heavy atom. The number of nitrogens with one attached hydrogen (secondary N) is 1. The minimum atomic E-state index is -0.156. The molecule has 0 aromatic heterocycles. The van der Waals surface area contributed by atoms with Crippen molar-refractivity contribution in [1.82, 2.24) is 0 Å². The van der Waals surface area contributed by atoms with E-state index < -0.39 is 0 Å². The molecule has 2 aromatic carbocycles. The van der Waals surface area contributed by atoms with Gasteiger partial charge in [0.2, 0.25) is 0 Å². The maximum atomic E-state index is 12.0. The van der Waals surface area contributed by atoms with Gasteiger partial charge in [0.15, 0.2) is 0 Å². The van der Waals surface area contributed by atoms with E-state index in [1.807, 2.05) is 31.2 Å². The van der Waals surface area contributed by atoms with E-state index in [2.05, 4.69) is 21.2 Å². The minimum Gasteiger partial charge on any atom is -0.321 e. The van der Waals surface area contributed by atoms with Crippen LogP contribution in [0.4, 0.5) is 5.69 Å². The molecular weight excluding hydrogens is 314 g/mol. The van der Waals surface area contributed by atoms with E-state index in [0.29, 0.717) is 16.3 Å². The summed E-state index contributed by atoms with van der Waals surface area (Å²) in [4.78, 5) is 12.0. The van der Waals surface area contributed by atoms with Crippen molar-refractivity contribution in [3.8, 4) is 0 Å². The van der Waals surface area contributed by atoms with Crippen molar-refractivity contribution in [2.45, 2.75) is 6.92 Å². The normalized spacial score (nSPS) is 10.2. The zero-order chi connectivity index (χ0) is 13.1. The van der Waals surface area contributed by atoms with Gasteiger partial charge in [-0.05, 0) is 52.7 Å².